The maximum atomic E-state index is 13.2. The number of hydrogen-bond donors (Lipinski definition) is 1. The number of carbonyl (C=O) groups excluding carboxylic acids is 2. The molecule has 146 valence electrons. The van der Waals surface area contributed by atoms with Crippen LogP contribution in [0.5, 0.6) is 0 Å². The van der Waals surface area contributed by atoms with Gasteiger partial charge in [0.1, 0.15) is 5.82 Å². The number of ether oxygens (including phenoxy) is 1. The number of aryl methyl sites for hydroxylation is 1. The average molecular weight is 386 g/mol. The summed E-state index contributed by atoms with van der Waals surface area (Å²) in [5, 5.41) is 13.5. The van der Waals surface area contributed by atoms with Crippen molar-refractivity contribution in [3.63, 3.8) is 0 Å². The van der Waals surface area contributed by atoms with Crippen molar-refractivity contribution in [2.24, 2.45) is 0 Å². The number of halogens is 1. The van der Waals surface area contributed by atoms with Crippen LogP contribution in [-0.4, -0.2) is 23.4 Å². The summed E-state index contributed by atoms with van der Waals surface area (Å²) in [4.78, 5) is 35.1. The lowest BCUT2D eigenvalue weighted by Gasteiger charge is -2.39. The van der Waals surface area contributed by atoms with Gasteiger partial charge in [0, 0.05) is 17.3 Å². The topological polar surface area (TPSA) is 98.5 Å². The number of amides is 1. The van der Waals surface area contributed by atoms with Crippen molar-refractivity contribution < 1.29 is 23.6 Å². The Bertz CT molecular complexity index is 923. The van der Waals surface area contributed by atoms with Crippen molar-refractivity contribution in [1.29, 1.82) is 0 Å². The third-order valence-electron chi connectivity index (χ3n) is 5.02. The Morgan fingerprint density at radius 2 is 1.89 bits per heavy atom. The van der Waals surface area contributed by atoms with Crippen molar-refractivity contribution in [1.82, 2.24) is 0 Å². The molecule has 7 nitrogen and oxygen atoms in total. The number of rotatable bonds is 6. The zero-order valence-electron chi connectivity index (χ0n) is 15.2. The highest BCUT2D eigenvalue weighted by atomic mass is 19.1. The monoisotopic (exact) mass is 386 g/mol. The number of esters is 1. The van der Waals surface area contributed by atoms with Gasteiger partial charge in [0.05, 0.1) is 10.3 Å². The van der Waals surface area contributed by atoms with E-state index in [9.17, 15) is 24.1 Å². The Morgan fingerprint density at radius 1 is 1.21 bits per heavy atom. The smallest absolute Gasteiger partial charge is 0.317 e. The van der Waals surface area contributed by atoms with Crippen LogP contribution in [-0.2, 0) is 19.7 Å². The lowest BCUT2D eigenvalue weighted by atomic mass is 9.64. The standard InChI is InChI=1S/C20H19FN2O5/c1-13-3-8-16(11-17(13)23(26)27)22-18(24)12-28-19(25)20(9-2-10-20)14-4-6-15(21)7-5-14/h3-8,11H,2,9-10,12H2,1H3,(H,22,24). The fourth-order valence-electron chi connectivity index (χ4n) is 3.26. The molecule has 0 atom stereocenters. The molecule has 0 unspecified atom stereocenters. The van der Waals surface area contributed by atoms with Gasteiger partial charge in [-0.2, -0.15) is 0 Å². The molecule has 2 aromatic carbocycles. The number of nitrogens with one attached hydrogen (secondary N) is 1. The van der Waals surface area contributed by atoms with Gasteiger partial charge >= 0.3 is 5.97 Å². The highest BCUT2D eigenvalue weighted by molar-refractivity contribution is 5.94. The molecular formula is C20H19FN2O5. The Balaban J connectivity index is 1.62. The maximum Gasteiger partial charge on any atom is 0.317 e. The zero-order chi connectivity index (χ0) is 20.3. The first-order valence-electron chi connectivity index (χ1n) is 8.80. The molecule has 8 heteroatoms. The first-order valence-corrected chi connectivity index (χ1v) is 8.80. The third-order valence-corrected chi connectivity index (χ3v) is 5.02. The molecule has 1 fully saturated rings. The summed E-state index contributed by atoms with van der Waals surface area (Å²) in [7, 11) is 0. The van der Waals surface area contributed by atoms with Crippen molar-refractivity contribution >= 4 is 23.3 Å². The molecule has 1 aliphatic rings. The van der Waals surface area contributed by atoms with E-state index in [1.807, 2.05) is 0 Å². The predicted molar refractivity (Wildman–Crippen MR) is 99.4 cm³/mol. The van der Waals surface area contributed by atoms with Crippen LogP contribution in [0.1, 0.15) is 30.4 Å². The zero-order valence-corrected chi connectivity index (χ0v) is 15.2. The van der Waals surface area contributed by atoms with Crippen LogP contribution in [0, 0.1) is 22.9 Å². The molecule has 3 rings (SSSR count). The predicted octanol–water partition coefficient (Wildman–Crippen LogP) is 3.65. The minimum Gasteiger partial charge on any atom is -0.455 e. The number of anilines is 1. The molecule has 1 saturated carbocycles. The molecule has 2 aromatic rings. The van der Waals surface area contributed by atoms with Crippen LogP contribution in [0.4, 0.5) is 15.8 Å². The quantitative estimate of drug-likeness (QED) is 0.464. The van der Waals surface area contributed by atoms with Gasteiger partial charge in [0.25, 0.3) is 11.6 Å². The summed E-state index contributed by atoms with van der Waals surface area (Å²) >= 11 is 0. The second-order valence-corrected chi connectivity index (χ2v) is 6.83. The normalized spacial score (nSPS) is 14.6. The Labute approximate surface area is 160 Å². The lowest BCUT2D eigenvalue weighted by Crippen LogP contribution is -2.44. The van der Waals surface area contributed by atoms with Crippen LogP contribution in [0.2, 0.25) is 0 Å². The summed E-state index contributed by atoms with van der Waals surface area (Å²) in [6, 6.07) is 10.0. The number of nitro benzene ring substituents is 1. The molecule has 1 amide bonds. The molecule has 0 heterocycles. The fourth-order valence-corrected chi connectivity index (χ4v) is 3.26. The molecule has 0 aromatic heterocycles. The summed E-state index contributed by atoms with van der Waals surface area (Å²) in [5.74, 6) is -1.52. The van der Waals surface area contributed by atoms with Crippen molar-refractivity contribution in [2.45, 2.75) is 31.6 Å². The molecule has 0 aliphatic heterocycles. The van der Waals surface area contributed by atoms with E-state index in [4.69, 9.17) is 4.74 Å². The van der Waals surface area contributed by atoms with Crippen LogP contribution in [0.15, 0.2) is 42.5 Å². The number of carbonyl (C=O) groups is 2. The Kier molecular flexibility index (Phi) is 5.39. The van der Waals surface area contributed by atoms with E-state index in [0.717, 1.165) is 6.42 Å². The van der Waals surface area contributed by atoms with Gasteiger partial charge in [-0.1, -0.05) is 24.6 Å². The number of nitro groups is 1. The van der Waals surface area contributed by atoms with E-state index in [-0.39, 0.29) is 11.4 Å². The minimum absolute atomic E-state index is 0.112. The van der Waals surface area contributed by atoms with E-state index in [1.54, 1.807) is 19.1 Å². The maximum absolute atomic E-state index is 13.2. The van der Waals surface area contributed by atoms with Crippen molar-refractivity contribution in [3.05, 3.63) is 69.5 Å². The van der Waals surface area contributed by atoms with Gasteiger partial charge in [0.2, 0.25) is 0 Å². The van der Waals surface area contributed by atoms with Crippen LogP contribution in [0.25, 0.3) is 0 Å². The van der Waals surface area contributed by atoms with Gasteiger partial charge < -0.3 is 10.1 Å². The summed E-state index contributed by atoms with van der Waals surface area (Å²) in [6.45, 7) is 1.09. The van der Waals surface area contributed by atoms with Gasteiger partial charge in [-0.3, -0.25) is 19.7 Å². The minimum atomic E-state index is -0.851. The number of benzene rings is 2. The largest absolute Gasteiger partial charge is 0.455 e. The first kappa shape index (κ1) is 19.5. The summed E-state index contributed by atoms with van der Waals surface area (Å²) < 4.78 is 18.3. The Hall–Kier alpha value is -3.29. The van der Waals surface area contributed by atoms with Crippen molar-refractivity contribution in [3.8, 4) is 0 Å². The highest BCUT2D eigenvalue weighted by Crippen LogP contribution is 2.44. The SMILES string of the molecule is Cc1ccc(NC(=O)COC(=O)C2(c3ccc(F)cc3)CCC2)cc1[N+](=O)[O-]. The lowest BCUT2D eigenvalue weighted by molar-refractivity contribution is -0.385. The molecule has 0 radical (unpaired) electrons. The van der Waals surface area contributed by atoms with Gasteiger partial charge in [-0.25, -0.2) is 4.39 Å². The molecule has 0 bridgehead atoms. The van der Waals surface area contributed by atoms with Gasteiger partial charge in [0.15, 0.2) is 6.61 Å². The third kappa shape index (κ3) is 3.85. The molecule has 0 spiro atoms. The molecule has 0 saturated heterocycles. The van der Waals surface area contributed by atoms with E-state index >= 15 is 0 Å². The number of nitrogens with zero attached hydrogens (tertiary/aromatic N) is 1. The van der Waals surface area contributed by atoms with E-state index < -0.39 is 34.6 Å². The molecule has 1 aliphatic carbocycles. The Morgan fingerprint density at radius 3 is 2.46 bits per heavy atom. The second kappa shape index (κ2) is 7.75. The second-order valence-electron chi connectivity index (χ2n) is 6.83. The van der Waals surface area contributed by atoms with Crippen LogP contribution >= 0.6 is 0 Å². The van der Waals surface area contributed by atoms with Gasteiger partial charge in [-0.05, 0) is 43.5 Å². The molecular weight excluding hydrogens is 367 g/mol. The summed E-state index contributed by atoms with van der Waals surface area (Å²) in [5.41, 5.74) is 0.423. The van der Waals surface area contributed by atoms with Crippen LogP contribution < -0.4 is 5.32 Å². The highest BCUT2D eigenvalue weighted by Gasteiger charge is 2.47. The average Bonchev–Trinajstić information content (AvgIpc) is 2.62. The van der Waals surface area contributed by atoms with E-state index in [2.05, 4.69) is 5.32 Å². The summed E-state index contributed by atoms with van der Waals surface area (Å²) in [6.07, 6.45) is 1.98. The van der Waals surface area contributed by atoms with E-state index in [0.29, 0.717) is 24.0 Å². The van der Waals surface area contributed by atoms with Crippen molar-refractivity contribution in [2.75, 3.05) is 11.9 Å². The first-order chi connectivity index (χ1) is 13.3. The number of hydrogen-bond acceptors (Lipinski definition) is 5. The fraction of sp³-hybridized carbons (Fsp3) is 0.300. The van der Waals surface area contributed by atoms with Gasteiger partial charge in [-0.15, -0.1) is 0 Å². The van der Waals surface area contributed by atoms with Crippen LogP contribution in [0.3, 0.4) is 0 Å². The van der Waals surface area contributed by atoms with E-state index in [1.165, 1.54) is 30.3 Å². The molecule has 28 heavy (non-hydrogen) atoms. The molecule has 1 N–H and O–H groups in total.